The fraction of sp³-hybridized carbons (Fsp3) is 0.579. The number of carbonyl (C=O) groups is 5. The molecule has 4 atom stereocenters. The Labute approximate surface area is 302 Å². The number of likely N-dealkylation sites (N-methyl/N-ethyl adjacent to an activating group) is 1. The molecule has 0 bridgehead atoms. The molecule has 1 aromatic carbocycles. The largest absolute Gasteiger partial charge is 0.452 e. The topological polar surface area (TPSA) is 138 Å². The van der Waals surface area contributed by atoms with Gasteiger partial charge in [0.2, 0.25) is 17.7 Å². The summed E-state index contributed by atoms with van der Waals surface area (Å²) >= 11 is 1.15. The molecule has 1 fully saturated rings. The van der Waals surface area contributed by atoms with Crippen molar-refractivity contribution in [3.05, 3.63) is 64.6 Å². The van der Waals surface area contributed by atoms with Crippen LogP contribution < -0.4 is 10.6 Å². The summed E-state index contributed by atoms with van der Waals surface area (Å²) in [4.78, 5) is 72.0. The zero-order valence-electron chi connectivity index (χ0n) is 30.9. The number of amides is 4. The van der Waals surface area contributed by atoms with Crippen LogP contribution in [0.15, 0.2) is 48.4 Å². The average molecular weight is 712 g/mol. The predicted octanol–water partition coefficient (Wildman–Crippen LogP) is 5.72. The number of hydrogen-bond donors (Lipinski definition) is 2. The molecule has 2 N–H and O–H groups in total. The first-order chi connectivity index (χ1) is 23.8. The van der Waals surface area contributed by atoms with Gasteiger partial charge in [0.25, 0.3) is 5.91 Å². The Kier molecular flexibility index (Phi) is 18.6. The second kappa shape index (κ2) is 22.0. The number of nitrogens with one attached hydrogen (secondary N) is 2. The monoisotopic (exact) mass is 711 g/mol. The van der Waals surface area contributed by atoms with Gasteiger partial charge in [0.15, 0.2) is 6.10 Å². The van der Waals surface area contributed by atoms with E-state index in [2.05, 4.69) is 43.0 Å². The highest BCUT2D eigenvalue weighted by molar-refractivity contribution is 7.09. The smallest absolute Gasteiger partial charge is 0.330 e. The van der Waals surface area contributed by atoms with E-state index in [1.165, 1.54) is 17.7 Å². The van der Waals surface area contributed by atoms with E-state index in [0.717, 1.165) is 42.4 Å². The molecule has 0 saturated carbocycles. The van der Waals surface area contributed by atoms with Crippen LogP contribution in [-0.2, 0) is 30.3 Å². The highest BCUT2D eigenvalue weighted by Gasteiger charge is 2.42. The molecular formula is C38H57N5O6S. The van der Waals surface area contributed by atoms with E-state index in [1.54, 1.807) is 5.38 Å². The maximum absolute atomic E-state index is 13.7. The van der Waals surface area contributed by atoms with Crippen molar-refractivity contribution in [3.8, 4) is 0 Å². The third-order valence-corrected chi connectivity index (χ3v) is 9.43. The van der Waals surface area contributed by atoms with E-state index in [4.69, 9.17) is 4.74 Å². The van der Waals surface area contributed by atoms with E-state index in [1.807, 2.05) is 63.1 Å². The van der Waals surface area contributed by atoms with Gasteiger partial charge in [-0.15, -0.1) is 11.3 Å². The Morgan fingerprint density at radius 1 is 1.10 bits per heavy atom. The number of aromatic nitrogens is 1. The van der Waals surface area contributed by atoms with Gasteiger partial charge in [0.1, 0.15) is 10.7 Å². The van der Waals surface area contributed by atoms with Crippen molar-refractivity contribution in [1.82, 2.24) is 25.4 Å². The number of likely N-dealkylation sites (tertiary alicyclic amines) is 1. The molecule has 12 heteroatoms. The van der Waals surface area contributed by atoms with Crippen molar-refractivity contribution in [2.45, 2.75) is 105 Å². The van der Waals surface area contributed by atoms with Crippen LogP contribution in [0.1, 0.15) is 107 Å². The van der Waals surface area contributed by atoms with Crippen LogP contribution in [0.2, 0.25) is 0 Å². The molecule has 3 rings (SSSR count). The number of thiazole rings is 1. The zero-order valence-corrected chi connectivity index (χ0v) is 31.7. The summed E-state index contributed by atoms with van der Waals surface area (Å²) in [6, 6.07) is 8.98. The highest BCUT2D eigenvalue weighted by Crippen LogP contribution is 2.32. The minimum absolute atomic E-state index is 0.0618. The molecule has 0 aliphatic carbocycles. The van der Waals surface area contributed by atoms with Crippen molar-refractivity contribution in [1.29, 1.82) is 0 Å². The standard InChI is InChI=1S/C34H47N5O6S.C4H10/c1-7-9-15-38(6)20-30(41)35-19-29(40)36-26(22(3)4)18-28(45-31(42)8-2)32-37-27(21-46-32)34(44)39-25(16-23(5)33(39)43)17-24-13-11-10-12-14-24;1-3-4-2/h8,10-14,21-23,25-26,28H,2,7,9,15-20H2,1,3-6H3,(H,35,41)(H,36,40);3-4H2,1-2H3/t23-,25?,26?,28?;/m0./s1. The predicted molar refractivity (Wildman–Crippen MR) is 197 cm³/mol. The first-order valence-corrected chi connectivity index (χ1v) is 18.7. The van der Waals surface area contributed by atoms with Gasteiger partial charge >= 0.3 is 5.97 Å². The van der Waals surface area contributed by atoms with E-state index < -0.39 is 24.0 Å². The number of nitrogens with zero attached hydrogens (tertiary/aromatic N) is 3. The van der Waals surface area contributed by atoms with Crippen LogP contribution in [0, 0.1) is 11.8 Å². The Balaban J connectivity index is 0.00000205. The SMILES string of the molecule is C=CC(=O)OC(CC(NC(=O)CNC(=O)CN(C)CCCC)C(C)C)c1nc(C(=O)N2C(=O)[C@@H](C)CC2Cc2ccccc2)cs1.CCCC. The second-order valence-corrected chi connectivity index (χ2v) is 14.1. The summed E-state index contributed by atoms with van der Waals surface area (Å²) in [7, 11) is 1.86. The third-order valence-electron chi connectivity index (χ3n) is 8.50. The number of esters is 1. The van der Waals surface area contributed by atoms with Crippen molar-refractivity contribution in [3.63, 3.8) is 0 Å². The summed E-state index contributed by atoms with van der Waals surface area (Å²) in [5.41, 5.74) is 1.13. The molecule has 2 heterocycles. The van der Waals surface area contributed by atoms with Gasteiger partial charge in [-0.25, -0.2) is 9.78 Å². The molecular weight excluding hydrogens is 655 g/mol. The van der Waals surface area contributed by atoms with E-state index >= 15 is 0 Å². The lowest BCUT2D eigenvalue weighted by atomic mass is 9.97. The van der Waals surface area contributed by atoms with Gasteiger partial charge in [-0.3, -0.25) is 29.0 Å². The van der Waals surface area contributed by atoms with Crippen LogP contribution in [0.25, 0.3) is 0 Å². The van der Waals surface area contributed by atoms with Crippen molar-refractivity contribution in [2.24, 2.45) is 11.8 Å². The maximum Gasteiger partial charge on any atom is 0.330 e. The first-order valence-electron chi connectivity index (χ1n) is 17.8. The van der Waals surface area contributed by atoms with Crippen molar-refractivity contribution < 1.29 is 28.7 Å². The molecule has 50 heavy (non-hydrogen) atoms. The maximum atomic E-state index is 13.7. The summed E-state index contributed by atoms with van der Waals surface area (Å²) in [5.74, 6) is -2.38. The zero-order chi connectivity index (χ0) is 37.2. The molecule has 276 valence electrons. The van der Waals surface area contributed by atoms with Gasteiger partial charge in [-0.2, -0.15) is 0 Å². The van der Waals surface area contributed by atoms with Crippen LogP contribution in [-0.4, -0.2) is 83.1 Å². The normalized spacial score (nSPS) is 16.7. The number of rotatable bonds is 18. The molecule has 0 spiro atoms. The van der Waals surface area contributed by atoms with Crippen molar-refractivity contribution >= 4 is 40.9 Å². The number of carbonyl (C=O) groups excluding carboxylic acids is 5. The minimum Gasteiger partial charge on any atom is -0.452 e. The Hall–Kier alpha value is -3.90. The summed E-state index contributed by atoms with van der Waals surface area (Å²) in [6.07, 6.45) is 6.08. The number of hydrogen-bond acceptors (Lipinski definition) is 9. The van der Waals surface area contributed by atoms with E-state index in [-0.39, 0.29) is 60.8 Å². The lowest BCUT2D eigenvalue weighted by Gasteiger charge is -2.26. The van der Waals surface area contributed by atoms with Crippen LogP contribution in [0.4, 0.5) is 0 Å². The first kappa shape index (κ1) is 42.3. The quantitative estimate of drug-likeness (QED) is 0.114. The summed E-state index contributed by atoms with van der Waals surface area (Å²) in [6.45, 7) is 16.4. The Morgan fingerprint density at radius 2 is 1.78 bits per heavy atom. The van der Waals surface area contributed by atoms with Gasteiger partial charge < -0.3 is 15.4 Å². The van der Waals surface area contributed by atoms with Crippen molar-refractivity contribution in [2.75, 3.05) is 26.7 Å². The number of benzene rings is 1. The van der Waals surface area contributed by atoms with Gasteiger partial charge in [-0.05, 0) is 44.3 Å². The molecule has 1 aliphatic heterocycles. The highest BCUT2D eigenvalue weighted by atomic mass is 32.1. The molecule has 1 saturated heterocycles. The minimum atomic E-state index is -0.889. The van der Waals surface area contributed by atoms with Crippen LogP contribution in [0.3, 0.4) is 0 Å². The average Bonchev–Trinajstić information content (AvgIpc) is 3.70. The Morgan fingerprint density at radius 3 is 2.38 bits per heavy atom. The summed E-state index contributed by atoms with van der Waals surface area (Å²) in [5, 5.41) is 7.52. The molecule has 11 nitrogen and oxygen atoms in total. The third kappa shape index (κ3) is 13.8. The molecule has 0 radical (unpaired) electrons. The van der Waals surface area contributed by atoms with Gasteiger partial charge in [-0.1, -0.05) is 97.7 Å². The fourth-order valence-electron chi connectivity index (χ4n) is 5.38. The lowest BCUT2D eigenvalue weighted by Crippen LogP contribution is -2.46. The van der Waals surface area contributed by atoms with Gasteiger partial charge in [0.05, 0.1) is 13.1 Å². The number of unbranched alkanes of at least 4 members (excludes halogenated alkanes) is 2. The second-order valence-electron chi connectivity index (χ2n) is 13.2. The Bertz CT molecular complexity index is 1390. The number of ether oxygens (including phenoxy) is 1. The molecule has 2 aromatic rings. The molecule has 4 amide bonds. The van der Waals surface area contributed by atoms with Gasteiger partial charge in [0, 0.05) is 35.9 Å². The summed E-state index contributed by atoms with van der Waals surface area (Å²) < 4.78 is 5.65. The van der Waals surface area contributed by atoms with Crippen LogP contribution >= 0.6 is 11.3 Å². The van der Waals surface area contributed by atoms with E-state index in [9.17, 15) is 24.0 Å². The number of imide groups is 1. The van der Waals surface area contributed by atoms with E-state index in [0.29, 0.717) is 17.8 Å². The molecule has 1 aliphatic rings. The molecule has 3 unspecified atom stereocenters. The molecule has 1 aromatic heterocycles. The fourth-order valence-corrected chi connectivity index (χ4v) is 6.21. The lowest BCUT2D eigenvalue weighted by molar-refractivity contribution is -0.144. The van der Waals surface area contributed by atoms with Crippen LogP contribution in [0.5, 0.6) is 0 Å².